The molecule has 0 saturated heterocycles. The van der Waals surface area contributed by atoms with Gasteiger partial charge in [-0.15, -0.1) is 0 Å². The van der Waals surface area contributed by atoms with Crippen LogP contribution in [0.1, 0.15) is 12.8 Å². The van der Waals surface area contributed by atoms with Gasteiger partial charge in [0.2, 0.25) is 6.29 Å². The maximum absolute atomic E-state index is 12.0. The molecule has 0 fully saturated rings. The molecule has 6 unspecified atom stereocenters. The highest BCUT2D eigenvalue weighted by atomic mass is 31.2. The Kier molecular flexibility index (Phi) is 23.1. The molecule has 0 radical (unpaired) electrons. The van der Waals surface area contributed by atoms with Gasteiger partial charge in [0.1, 0.15) is 6.10 Å². The van der Waals surface area contributed by atoms with Crippen LogP contribution in [0.25, 0.3) is 0 Å². The fourth-order valence-electron chi connectivity index (χ4n) is 2.21. The topological polar surface area (TPSA) is 381 Å². The van der Waals surface area contributed by atoms with Crippen molar-refractivity contribution in [2.75, 3.05) is 72.9 Å². The molecule has 0 aliphatic carbocycles. The predicted octanol–water partition coefficient (Wildman–Crippen LogP) is -1.04. The number of nitrogens with two attached hydrogens (primary N) is 2. The molecule has 0 bridgehead atoms. The van der Waals surface area contributed by atoms with Crippen molar-refractivity contribution >= 4 is 39.1 Å². The van der Waals surface area contributed by atoms with Crippen LogP contribution in [0.2, 0.25) is 0 Å². The van der Waals surface area contributed by atoms with E-state index in [0.29, 0.717) is 19.4 Å². The number of phosphoric ester groups is 5. The molecule has 0 rings (SSSR count). The third-order valence-corrected chi connectivity index (χ3v) is 8.31. The van der Waals surface area contributed by atoms with Gasteiger partial charge in [0.05, 0.1) is 33.0 Å². The van der Waals surface area contributed by atoms with Crippen molar-refractivity contribution in [3.8, 4) is 0 Å². The summed E-state index contributed by atoms with van der Waals surface area (Å²) in [6.45, 7) is -5.75. The molecule has 0 saturated carbocycles. The number of ether oxygens (including phenoxy) is 2. The smallest absolute Gasteiger partial charge is 0.394 e. The van der Waals surface area contributed by atoms with Crippen LogP contribution in [0.5, 0.6) is 0 Å². The summed E-state index contributed by atoms with van der Waals surface area (Å²) >= 11 is 0. The van der Waals surface area contributed by atoms with Gasteiger partial charge in [-0.3, -0.25) is 40.7 Å². The van der Waals surface area contributed by atoms with Crippen LogP contribution < -0.4 is 11.5 Å². The number of rotatable bonds is 30. The zero-order valence-electron chi connectivity index (χ0n) is 23.4. The Morgan fingerprint density at radius 1 is 0.533 bits per heavy atom. The van der Waals surface area contributed by atoms with Crippen molar-refractivity contribution in [3.05, 3.63) is 0 Å². The molecule has 6 atom stereocenters. The highest BCUT2D eigenvalue weighted by Gasteiger charge is 2.34. The maximum atomic E-state index is 12.0. The Bertz CT molecular complexity index is 1050. The van der Waals surface area contributed by atoms with E-state index in [1.807, 2.05) is 0 Å². The van der Waals surface area contributed by atoms with Crippen LogP contribution in [0.4, 0.5) is 0 Å². The normalized spacial score (nSPS) is 19.2. The number of hydrogen-bond acceptors (Lipinski definition) is 19. The standard InChI is InChI=1S/C15H39N2O23P5/c16-3-1-5-30-10-14(9-18)38-44(26,27)36-12-34-42(22,23)32-7-8-33-43(24,25)35-13-37-45(28,29)40-15(39-41(19,20)21)11-31-6-2-4-17/h14-15,18H,1-13,16-17H2,(H,22,23)(H,24,25)(H,26,27)(H,28,29)(H2,19,20,21). The van der Waals surface area contributed by atoms with Gasteiger partial charge in [0.25, 0.3) is 0 Å². The SMILES string of the molecule is NCCCOCC(CO)OP(=O)(O)OCOP(=O)(O)OCCOP(=O)(O)OCOP(=O)(O)OC(COCCCN)OP(=O)(O)O. The van der Waals surface area contributed by atoms with Gasteiger partial charge in [0, 0.05) is 13.2 Å². The summed E-state index contributed by atoms with van der Waals surface area (Å²) in [5, 5.41) is 9.18. The molecule has 0 aromatic rings. The molecule has 0 aliphatic heterocycles. The molecular weight excluding hydrogens is 731 g/mol. The molecule has 272 valence electrons. The lowest BCUT2D eigenvalue weighted by Crippen LogP contribution is -2.24. The van der Waals surface area contributed by atoms with E-state index in [-0.39, 0.29) is 26.4 Å². The molecule has 0 spiro atoms. The Hall–Kier alpha value is 0.350. The highest BCUT2D eigenvalue weighted by Crippen LogP contribution is 2.51. The minimum absolute atomic E-state index is 0.0286. The zero-order chi connectivity index (χ0) is 34.6. The van der Waals surface area contributed by atoms with E-state index in [1.54, 1.807) is 0 Å². The average molecular weight is 770 g/mol. The first kappa shape index (κ1) is 45.3. The van der Waals surface area contributed by atoms with Gasteiger partial charge in [-0.05, 0) is 25.9 Å². The van der Waals surface area contributed by atoms with Crippen LogP contribution in [0.3, 0.4) is 0 Å². The molecule has 0 aromatic heterocycles. The van der Waals surface area contributed by atoms with Gasteiger partial charge in [0.15, 0.2) is 13.6 Å². The Morgan fingerprint density at radius 3 is 1.38 bits per heavy atom. The van der Waals surface area contributed by atoms with E-state index in [2.05, 4.69) is 40.7 Å². The van der Waals surface area contributed by atoms with Crippen molar-refractivity contribution in [1.29, 1.82) is 0 Å². The minimum atomic E-state index is -5.25. The molecule has 25 nitrogen and oxygen atoms in total. The van der Waals surface area contributed by atoms with Crippen molar-refractivity contribution in [1.82, 2.24) is 0 Å². The van der Waals surface area contributed by atoms with Crippen LogP contribution in [0.15, 0.2) is 0 Å². The molecule has 0 aromatic carbocycles. The molecule has 0 heterocycles. The lowest BCUT2D eigenvalue weighted by Gasteiger charge is -2.21. The number of aliphatic hydroxyl groups excluding tert-OH is 1. The van der Waals surface area contributed by atoms with Crippen molar-refractivity contribution in [2.24, 2.45) is 11.5 Å². The minimum Gasteiger partial charge on any atom is -0.394 e. The lowest BCUT2D eigenvalue weighted by molar-refractivity contribution is -0.0912. The summed E-state index contributed by atoms with van der Waals surface area (Å²) in [6, 6.07) is 0. The summed E-state index contributed by atoms with van der Waals surface area (Å²) in [5.41, 5.74) is 10.5. The Labute approximate surface area is 256 Å². The molecule has 30 heteroatoms. The molecule has 0 aliphatic rings. The quantitative estimate of drug-likeness (QED) is 0.0239. The van der Waals surface area contributed by atoms with Gasteiger partial charge in [-0.2, -0.15) is 0 Å². The number of phosphoric acid groups is 5. The average Bonchev–Trinajstić information content (AvgIpc) is 2.89. The first-order valence-corrected chi connectivity index (χ1v) is 19.7. The second-order valence-corrected chi connectivity index (χ2v) is 14.7. The molecule has 11 N–H and O–H groups in total. The number of hydrogen-bond donors (Lipinski definition) is 9. The fourth-order valence-corrected chi connectivity index (χ4v) is 5.38. The maximum Gasteiger partial charge on any atom is 0.476 e. The number of aliphatic hydroxyl groups is 1. The van der Waals surface area contributed by atoms with E-state index in [9.17, 15) is 47.5 Å². The fraction of sp³-hybridized carbons (Fsp3) is 1.00. The first-order valence-electron chi connectivity index (χ1n) is 12.2. The van der Waals surface area contributed by atoms with Gasteiger partial charge in [-0.1, -0.05) is 0 Å². The van der Waals surface area contributed by atoms with Crippen molar-refractivity contribution in [3.63, 3.8) is 0 Å². The summed E-state index contributed by atoms with van der Waals surface area (Å²) in [5.74, 6) is 0. The third-order valence-electron chi connectivity index (χ3n) is 3.99. The van der Waals surface area contributed by atoms with Gasteiger partial charge >= 0.3 is 39.1 Å². The van der Waals surface area contributed by atoms with E-state index in [1.165, 1.54) is 0 Å². The van der Waals surface area contributed by atoms with E-state index in [0.717, 1.165) is 0 Å². The zero-order valence-corrected chi connectivity index (χ0v) is 27.9. The largest absolute Gasteiger partial charge is 0.476 e. The molecular formula is C15H39N2O23P5. The van der Waals surface area contributed by atoms with Gasteiger partial charge < -0.3 is 55.4 Å². The summed E-state index contributed by atoms with van der Waals surface area (Å²) in [6.07, 6.45) is -2.63. The van der Waals surface area contributed by atoms with Crippen molar-refractivity contribution < 1.29 is 107 Å². The monoisotopic (exact) mass is 770 g/mol. The predicted molar refractivity (Wildman–Crippen MR) is 144 cm³/mol. The second-order valence-electron chi connectivity index (χ2n) is 7.77. The van der Waals surface area contributed by atoms with Crippen LogP contribution in [0, 0.1) is 0 Å². The first-order chi connectivity index (χ1) is 20.8. The molecule has 0 amide bonds. The third kappa shape index (κ3) is 26.9. The highest BCUT2D eigenvalue weighted by molar-refractivity contribution is 7.48. The van der Waals surface area contributed by atoms with Gasteiger partial charge in [-0.25, -0.2) is 22.8 Å². The lowest BCUT2D eigenvalue weighted by atomic mass is 10.4. The van der Waals surface area contributed by atoms with E-state index < -0.39 is 91.5 Å². The second kappa shape index (κ2) is 22.9. The van der Waals surface area contributed by atoms with Crippen molar-refractivity contribution in [2.45, 2.75) is 25.2 Å². The van der Waals surface area contributed by atoms with Crippen LogP contribution in [-0.4, -0.2) is 120 Å². The summed E-state index contributed by atoms with van der Waals surface area (Å²) < 4.78 is 108. The summed E-state index contributed by atoms with van der Waals surface area (Å²) in [7, 11) is -25.5. The Morgan fingerprint density at radius 2 is 0.956 bits per heavy atom. The Balaban J connectivity index is 4.52. The van der Waals surface area contributed by atoms with E-state index in [4.69, 9.17) is 30.7 Å². The van der Waals surface area contributed by atoms with Crippen LogP contribution in [-0.2, 0) is 73.0 Å². The summed E-state index contributed by atoms with van der Waals surface area (Å²) in [4.78, 5) is 56.2. The van der Waals surface area contributed by atoms with E-state index >= 15 is 0 Å². The molecule has 45 heavy (non-hydrogen) atoms. The van der Waals surface area contributed by atoms with Crippen LogP contribution >= 0.6 is 39.1 Å².